The Morgan fingerprint density at radius 2 is 1.94 bits per heavy atom. The van der Waals surface area contributed by atoms with Crippen LogP contribution in [0.4, 0.5) is 0 Å². The zero-order valence-corrected chi connectivity index (χ0v) is 12.2. The van der Waals surface area contributed by atoms with Crippen molar-refractivity contribution in [3.63, 3.8) is 0 Å². The number of halogens is 2. The molecular formula is C11H13Br2NO2. The first-order valence-corrected chi connectivity index (χ1v) is 6.44. The van der Waals surface area contributed by atoms with Gasteiger partial charge in [-0.25, -0.2) is 0 Å². The molecule has 16 heavy (non-hydrogen) atoms. The van der Waals surface area contributed by atoms with Crippen LogP contribution < -0.4 is 5.32 Å². The van der Waals surface area contributed by atoms with Gasteiger partial charge in [0.05, 0.1) is 0 Å². The fourth-order valence-electron chi connectivity index (χ4n) is 1.34. The van der Waals surface area contributed by atoms with Gasteiger partial charge in [-0.2, -0.15) is 0 Å². The minimum Gasteiger partial charge on any atom is -0.480 e. The fourth-order valence-corrected chi connectivity index (χ4v) is 1.98. The Labute approximate surface area is 111 Å². The van der Waals surface area contributed by atoms with Gasteiger partial charge in [0.2, 0.25) is 0 Å². The van der Waals surface area contributed by atoms with E-state index in [4.69, 9.17) is 5.11 Å². The average molecular weight is 351 g/mol. The highest BCUT2D eigenvalue weighted by Crippen LogP contribution is 2.26. The number of aliphatic carboxylic acids is 1. The number of carbonyl (C=O) groups is 1. The summed E-state index contributed by atoms with van der Waals surface area (Å²) in [7, 11) is 0. The highest BCUT2D eigenvalue weighted by atomic mass is 79.9. The molecule has 0 heterocycles. The zero-order chi connectivity index (χ0) is 12.3. The zero-order valence-electron chi connectivity index (χ0n) is 9.00. The number of hydrogen-bond donors (Lipinski definition) is 2. The topological polar surface area (TPSA) is 49.3 Å². The first kappa shape index (κ1) is 13.7. The van der Waals surface area contributed by atoms with E-state index in [9.17, 15) is 4.79 Å². The molecule has 2 N–H and O–H groups in total. The molecule has 3 nitrogen and oxygen atoms in total. The second-order valence-corrected chi connectivity index (χ2v) is 5.47. The Balaban J connectivity index is 3.01. The first-order chi connectivity index (χ1) is 7.41. The first-order valence-electron chi connectivity index (χ1n) is 4.85. The maximum absolute atomic E-state index is 11.1. The lowest BCUT2D eigenvalue weighted by molar-refractivity contribution is -0.139. The third kappa shape index (κ3) is 3.57. The third-order valence-electron chi connectivity index (χ3n) is 2.02. The normalized spacial score (nSPS) is 12.8. The third-order valence-corrected chi connectivity index (χ3v) is 3.90. The molecule has 1 atom stereocenters. The molecule has 0 amide bonds. The summed E-state index contributed by atoms with van der Waals surface area (Å²) in [5.41, 5.74) is 0.733. The molecule has 1 rings (SSSR count). The molecule has 0 aliphatic carbocycles. The van der Waals surface area contributed by atoms with Crippen molar-refractivity contribution in [3.05, 3.63) is 32.7 Å². The Bertz CT molecular complexity index is 394. The SMILES string of the molecule is CC(C)NC(C(=O)O)c1ccc(Br)c(Br)c1. The number of rotatable bonds is 4. The predicted molar refractivity (Wildman–Crippen MR) is 70.5 cm³/mol. The summed E-state index contributed by atoms with van der Waals surface area (Å²) in [6.45, 7) is 3.84. The summed E-state index contributed by atoms with van der Waals surface area (Å²) in [6.07, 6.45) is 0. The van der Waals surface area contributed by atoms with Crippen molar-refractivity contribution >= 4 is 37.8 Å². The number of nitrogens with one attached hydrogen (secondary N) is 1. The van der Waals surface area contributed by atoms with E-state index >= 15 is 0 Å². The molecule has 0 aliphatic rings. The van der Waals surface area contributed by atoms with Gasteiger partial charge in [0, 0.05) is 15.0 Å². The summed E-state index contributed by atoms with van der Waals surface area (Å²) >= 11 is 6.71. The minimum atomic E-state index is -0.872. The maximum atomic E-state index is 11.1. The van der Waals surface area contributed by atoms with Gasteiger partial charge >= 0.3 is 5.97 Å². The molecule has 5 heteroatoms. The Morgan fingerprint density at radius 1 is 1.31 bits per heavy atom. The standard InChI is InChI=1S/C11H13Br2NO2/c1-6(2)14-10(11(15)16)7-3-4-8(12)9(13)5-7/h3-6,10,14H,1-2H3,(H,15,16). The molecule has 1 unspecified atom stereocenters. The van der Waals surface area contributed by atoms with Crippen LogP contribution in [0.1, 0.15) is 25.5 Å². The molecule has 1 aromatic carbocycles. The van der Waals surface area contributed by atoms with Gasteiger partial charge in [-0.05, 0) is 63.4 Å². The Hall–Kier alpha value is -0.390. The number of hydrogen-bond acceptors (Lipinski definition) is 2. The minimum absolute atomic E-state index is 0.114. The summed E-state index contributed by atoms with van der Waals surface area (Å²) in [5.74, 6) is -0.872. The van der Waals surface area contributed by atoms with Gasteiger partial charge in [-0.1, -0.05) is 6.07 Å². The van der Waals surface area contributed by atoms with E-state index in [0.29, 0.717) is 0 Å². The van der Waals surface area contributed by atoms with Crippen LogP contribution in [0.3, 0.4) is 0 Å². The lowest BCUT2D eigenvalue weighted by atomic mass is 10.1. The van der Waals surface area contributed by atoms with Gasteiger partial charge < -0.3 is 5.11 Å². The van der Waals surface area contributed by atoms with E-state index in [2.05, 4.69) is 37.2 Å². The molecule has 0 saturated carbocycles. The van der Waals surface area contributed by atoms with Gasteiger partial charge in [0.15, 0.2) is 0 Å². The monoisotopic (exact) mass is 349 g/mol. The van der Waals surface area contributed by atoms with Crippen LogP contribution in [-0.2, 0) is 4.79 Å². The van der Waals surface area contributed by atoms with E-state index in [0.717, 1.165) is 14.5 Å². The second kappa shape index (κ2) is 5.80. The molecular weight excluding hydrogens is 338 g/mol. The largest absolute Gasteiger partial charge is 0.480 e. The summed E-state index contributed by atoms with van der Waals surface area (Å²) in [4.78, 5) is 11.1. The molecule has 0 fully saturated rings. The van der Waals surface area contributed by atoms with E-state index in [-0.39, 0.29) is 6.04 Å². The molecule has 0 saturated heterocycles. The van der Waals surface area contributed by atoms with Crippen LogP contribution in [0, 0.1) is 0 Å². The molecule has 0 spiro atoms. The number of carboxylic acids is 1. The molecule has 1 aromatic rings. The van der Waals surface area contributed by atoms with Crippen molar-refractivity contribution in [2.75, 3.05) is 0 Å². The van der Waals surface area contributed by atoms with Crippen molar-refractivity contribution < 1.29 is 9.90 Å². The molecule has 0 bridgehead atoms. The average Bonchev–Trinajstić information content (AvgIpc) is 2.18. The van der Waals surface area contributed by atoms with Crippen LogP contribution >= 0.6 is 31.9 Å². The Kier molecular flexibility index (Phi) is 4.95. The lowest BCUT2D eigenvalue weighted by Gasteiger charge is -2.18. The van der Waals surface area contributed by atoms with Crippen LogP contribution in [0.25, 0.3) is 0 Å². The number of carboxylic acid groups (broad SMARTS) is 1. The lowest BCUT2D eigenvalue weighted by Crippen LogP contribution is -2.33. The molecule has 0 aliphatic heterocycles. The van der Waals surface area contributed by atoms with Crippen molar-refractivity contribution in [3.8, 4) is 0 Å². The van der Waals surface area contributed by atoms with Crippen molar-refractivity contribution in [1.82, 2.24) is 5.32 Å². The van der Waals surface area contributed by atoms with Crippen LogP contribution in [0.15, 0.2) is 27.1 Å². The van der Waals surface area contributed by atoms with E-state index < -0.39 is 12.0 Å². The van der Waals surface area contributed by atoms with Crippen molar-refractivity contribution in [2.24, 2.45) is 0 Å². The predicted octanol–water partition coefficient (Wildman–Crippen LogP) is 3.34. The fraction of sp³-hybridized carbons (Fsp3) is 0.364. The van der Waals surface area contributed by atoms with Crippen molar-refractivity contribution in [1.29, 1.82) is 0 Å². The van der Waals surface area contributed by atoms with Gasteiger partial charge in [0.25, 0.3) is 0 Å². The highest BCUT2D eigenvalue weighted by Gasteiger charge is 2.20. The Morgan fingerprint density at radius 3 is 2.38 bits per heavy atom. The van der Waals surface area contributed by atoms with Crippen molar-refractivity contribution in [2.45, 2.75) is 25.9 Å². The van der Waals surface area contributed by atoms with Crippen LogP contribution in [0.5, 0.6) is 0 Å². The molecule has 0 radical (unpaired) electrons. The second-order valence-electron chi connectivity index (χ2n) is 3.77. The van der Waals surface area contributed by atoms with E-state index in [1.54, 1.807) is 12.1 Å². The highest BCUT2D eigenvalue weighted by molar-refractivity contribution is 9.13. The molecule has 88 valence electrons. The summed E-state index contributed by atoms with van der Waals surface area (Å²) < 4.78 is 1.76. The number of benzene rings is 1. The molecule has 0 aromatic heterocycles. The maximum Gasteiger partial charge on any atom is 0.325 e. The van der Waals surface area contributed by atoms with Gasteiger partial charge in [0.1, 0.15) is 6.04 Å². The van der Waals surface area contributed by atoms with Gasteiger partial charge in [-0.15, -0.1) is 0 Å². The quantitative estimate of drug-likeness (QED) is 0.875. The summed E-state index contributed by atoms with van der Waals surface area (Å²) in [5, 5.41) is 12.2. The van der Waals surface area contributed by atoms with Crippen LogP contribution in [0.2, 0.25) is 0 Å². The summed E-state index contributed by atoms with van der Waals surface area (Å²) in [6, 6.07) is 4.87. The van der Waals surface area contributed by atoms with E-state index in [1.807, 2.05) is 19.9 Å². The van der Waals surface area contributed by atoms with E-state index in [1.165, 1.54) is 0 Å². The van der Waals surface area contributed by atoms with Gasteiger partial charge in [-0.3, -0.25) is 10.1 Å². The smallest absolute Gasteiger partial charge is 0.325 e. The van der Waals surface area contributed by atoms with Crippen LogP contribution in [-0.4, -0.2) is 17.1 Å².